The number of furan rings is 1. The van der Waals surface area contributed by atoms with Crippen molar-refractivity contribution in [1.29, 1.82) is 0 Å². The van der Waals surface area contributed by atoms with Crippen LogP contribution in [0, 0.1) is 5.92 Å². The number of pyridine rings is 2. The zero-order chi connectivity index (χ0) is 25.8. The molecule has 190 valence electrons. The van der Waals surface area contributed by atoms with Crippen molar-refractivity contribution in [3.05, 3.63) is 100 Å². The first-order valence-electron chi connectivity index (χ1n) is 12.1. The summed E-state index contributed by atoms with van der Waals surface area (Å²) in [4.78, 5) is 22.7. The molecule has 0 saturated carbocycles. The van der Waals surface area contributed by atoms with E-state index < -0.39 is 0 Å². The highest BCUT2D eigenvalue weighted by Crippen LogP contribution is 2.30. The van der Waals surface area contributed by atoms with Crippen LogP contribution in [0.2, 0.25) is 0 Å². The van der Waals surface area contributed by atoms with E-state index in [9.17, 15) is 4.79 Å². The van der Waals surface area contributed by atoms with E-state index in [1.165, 1.54) is 0 Å². The minimum atomic E-state index is -0.189. The third-order valence-corrected chi connectivity index (χ3v) is 6.34. The molecule has 1 aromatic carbocycles. The van der Waals surface area contributed by atoms with Crippen LogP contribution < -0.4 is 10.3 Å². The molecule has 4 heterocycles. The van der Waals surface area contributed by atoms with Crippen molar-refractivity contribution in [3.8, 4) is 5.75 Å². The Morgan fingerprint density at radius 2 is 2.03 bits per heavy atom. The molecular weight excluding hydrogens is 470 g/mol. The number of benzene rings is 1. The average molecular weight is 500 g/mol. The Morgan fingerprint density at radius 3 is 2.76 bits per heavy atom. The molecule has 1 unspecified atom stereocenters. The van der Waals surface area contributed by atoms with Gasteiger partial charge in [0.25, 0.3) is 5.56 Å². The molecule has 0 saturated heterocycles. The van der Waals surface area contributed by atoms with Gasteiger partial charge in [0, 0.05) is 41.9 Å². The summed E-state index contributed by atoms with van der Waals surface area (Å²) >= 11 is 0. The minimum absolute atomic E-state index is 0.133. The van der Waals surface area contributed by atoms with E-state index in [0.29, 0.717) is 31.0 Å². The first kappa shape index (κ1) is 24.4. The summed E-state index contributed by atoms with van der Waals surface area (Å²) < 4.78 is 12.7. The maximum atomic E-state index is 13.1. The SMILES string of the molecule is COc1ccc2[nH]c(=O)c(CN(Cc3cccnc3)C(c3nnnn3Cc3ccco3)C(C)C)cc2c1. The lowest BCUT2D eigenvalue weighted by Crippen LogP contribution is -2.35. The van der Waals surface area contributed by atoms with Crippen molar-refractivity contribution >= 4 is 10.9 Å². The van der Waals surface area contributed by atoms with Gasteiger partial charge in [-0.1, -0.05) is 19.9 Å². The Kier molecular flexibility index (Phi) is 7.09. The first-order chi connectivity index (χ1) is 18.0. The lowest BCUT2D eigenvalue weighted by Gasteiger charge is -2.33. The standard InChI is InChI=1S/C27H29N7O3/c1-18(2)25(26-30-31-32-34(26)17-23-7-5-11-37-23)33(15-19-6-4-10-28-14-19)16-21-12-20-13-22(36-3)8-9-24(20)29-27(21)35/h4-14,18,25H,15-17H2,1-3H3,(H,29,35). The highest BCUT2D eigenvalue weighted by Gasteiger charge is 2.30. The topological polar surface area (TPSA) is 115 Å². The third kappa shape index (κ3) is 5.44. The van der Waals surface area contributed by atoms with Gasteiger partial charge in [-0.2, -0.15) is 0 Å². The van der Waals surface area contributed by atoms with Gasteiger partial charge >= 0.3 is 0 Å². The van der Waals surface area contributed by atoms with Gasteiger partial charge in [0.2, 0.25) is 0 Å². The second kappa shape index (κ2) is 10.8. The normalized spacial score (nSPS) is 12.5. The molecule has 0 bridgehead atoms. The quantitative estimate of drug-likeness (QED) is 0.307. The molecule has 0 radical (unpaired) electrons. The largest absolute Gasteiger partial charge is 0.497 e. The van der Waals surface area contributed by atoms with Gasteiger partial charge in [0.1, 0.15) is 18.1 Å². The van der Waals surface area contributed by atoms with Gasteiger partial charge in [-0.3, -0.25) is 14.7 Å². The van der Waals surface area contributed by atoms with Crippen LogP contribution in [-0.2, 0) is 19.6 Å². The fourth-order valence-electron chi connectivity index (χ4n) is 4.64. The Morgan fingerprint density at radius 1 is 1.14 bits per heavy atom. The van der Waals surface area contributed by atoms with Crippen molar-refractivity contribution in [2.45, 2.75) is 39.5 Å². The third-order valence-electron chi connectivity index (χ3n) is 6.34. The molecule has 1 atom stereocenters. The molecule has 0 fully saturated rings. The predicted octanol–water partition coefficient (Wildman–Crippen LogP) is 3.96. The number of aromatic amines is 1. The van der Waals surface area contributed by atoms with Crippen LogP contribution in [0.3, 0.4) is 0 Å². The number of nitrogens with one attached hydrogen (secondary N) is 1. The fraction of sp³-hybridized carbons (Fsp3) is 0.296. The summed E-state index contributed by atoms with van der Waals surface area (Å²) in [6, 6.07) is 15.0. The molecule has 4 aromatic heterocycles. The van der Waals surface area contributed by atoms with Crippen LogP contribution in [0.4, 0.5) is 0 Å². The highest BCUT2D eigenvalue weighted by molar-refractivity contribution is 5.80. The molecule has 37 heavy (non-hydrogen) atoms. The van der Waals surface area contributed by atoms with Crippen molar-refractivity contribution < 1.29 is 9.15 Å². The Bertz CT molecular complexity index is 1510. The number of hydrogen-bond donors (Lipinski definition) is 1. The monoisotopic (exact) mass is 499 g/mol. The summed E-state index contributed by atoms with van der Waals surface area (Å²) in [6.45, 7) is 5.61. The summed E-state index contributed by atoms with van der Waals surface area (Å²) in [6.07, 6.45) is 5.22. The van der Waals surface area contributed by atoms with Crippen LogP contribution >= 0.6 is 0 Å². The lowest BCUT2D eigenvalue weighted by molar-refractivity contribution is 0.125. The van der Waals surface area contributed by atoms with E-state index in [4.69, 9.17) is 9.15 Å². The van der Waals surface area contributed by atoms with Gasteiger partial charge < -0.3 is 14.1 Å². The minimum Gasteiger partial charge on any atom is -0.497 e. The Balaban J connectivity index is 1.55. The summed E-state index contributed by atoms with van der Waals surface area (Å²) in [5.41, 5.74) is 2.29. The number of tetrazole rings is 1. The molecule has 0 aliphatic rings. The van der Waals surface area contributed by atoms with Crippen molar-refractivity contribution in [1.82, 2.24) is 35.1 Å². The van der Waals surface area contributed by atoms with Crippen LogP contribution in [0.25, 0.3) is 10.9 Å². The van der Waals surface area contributed by atoms with Crippen LogP contribution in [-0.4, -0.2) is 42.2 Å². The molecule has 5 rings (SSSR count). The highest BCUT2D eigenvalue weighted by atomic mass is 16.5. The van der Waals surface area contributed by atoms with Gasteiger partial charge in [0.15, 0.2) is 5.82 Å². The van der Waals surface area contributed by atoms with E-state index in [2.05, 4.69) is 44.2 Å². The molecule has 0 aliphatic heterocycles. The molecule has 0 amide bonds. The van der Waals surface area contributed by atoms with Crippen LogP contribution in [0.5, 0.6) is 5.75 Å². The number of hydrogen-bond acceptors (Lipinski definition) is 8. The predicted molar refractivity (Wildman–Crippen MR) is 138 cm³/mol. The summed E-state index contributed by atoms with van der Waals surface area (Å²) in [5.74, 6) is 2.33. The summed E-state index contributed by atoms with van der Waals surface area (Å²) in [5, 5.41) is 13.5. The molecular formula is C27H29N7O3. The van der Waals surface area contributed by atoms with Gasteiger partial charge in [-0.25, -0.2) is 4.68 Å². The van der Waals surface area contributed by atoms with Crippen molar-refractivity contribution in [2.75, 3.05) is 7.11 Å². The second-order valence-electron chi connectivity index (χ2n) is 9.31. The van der Waals surface area contributed by atoms with Crippen LogP contribution in [0.15, 0.2) is 76.4 Å². The first-order valence-corrected chi connectivity index (χ1v) is 12.1. The number of fused-ring (bicyclic) bond motifs is 1. The Labute approximate surface area is 213 Å². The number of nitrogens with zero attached hydrogens (tertiary/aromatic N) is 6. The molecule has 1 N–H and O–H groups in total. The number of methoxy groups -OCH3 is 1. The van der Waals surface area contributed by atoms with E-state index in [-0.39, 0.29) is 17.5 Å². The van der Waals surface area contributed by atoms with Crippen LogP contribution in [0.1, 0.15) is 42.6 Å². The van der Waals surface area contributed by atoms with Gasteiger partial charge in [0.05, 0.1) is 19.4 Å². The van der Waals surface area contributed by atoms with E-state index in [0.717, 1.165) is 28.0 Å². The Hall–Kier alpha value is -4.31. The number of rotatable bonds is 10. The van der Waals surface area contributed by atoms with E-state index in [1.807, 2.05) is 54.7 Å². The lowest BCUT2D eigenvalue weighted by atomic mass is 9.99. The maximum absolute atomic E-state index is 13.1. The van der Waals surface area contributed by atoms with Gasteiger partial charge in [-0.05, 0) is 64.4 Å². The zero-order valence-corrected chi connectivity index (χ0v) is 21.0. The van der Waals surface area contributed by atoms with Gasteiger partial charge in [-0.15, -0.1) is 5.10 Å². The zero-order valence-electron chi connectivity index (χ0n) is 21.0. The number of ether oxygens (including phenoxy) is 1. The van der Waals surface area contributed by atoms with Crippen molar-refractivity contribution in [3.63, 3.8) is 0 Å². The van der Waals surface area contributed by atoms with E-state index >= 15 is 0 Å². The van der Waals surface area contributed by atoms with Crippen molar-refractivity contribution in [2.24, 2.45) is 5.92 Å². The summed E-state index contributed by atoms with van der Waals surface area (Å²) in [7, 11) is 1.63. The number of aromatic nitrogens is 6. The molecule has 5 aromatic rings. The molecule has 10 nitrogen and oxygen atoms in total. The second-order valence-corrected chi connectivity index (χ2v) is 9.31. The smallest absolute Gasteiger partial charge is 0.252 e. The molecule has 0 spiro atoms. The van der Waals surface area contributed by atoms with E-state index in [1.54, 1.807) is 24.3 Å². The maximum Gasteiger partial charge on any atom is 0.252 e. The molecule has 10 heteroatoms. The average Bonchev–Trinajstić information content (AvgIpc) is 3.57. The fourth-order valence-corrected chi connectivity index (χ4v) is 4.64. The molecule has 0 aliphatic carbocycles. The number of H-pyrrole nitrogens is 1.